The van der Waals surface area contributed by atoms with E-state index in [0.29, 0.717) is 12.2 Å². The van der Waals surface area contributed by atoms with E-state index in [2.05, 4.69) is 10.3 Å². The molecule has 1 rings (SSSR count). The Kier molecular flexibility index (Phi) is 4.41. The van der Waals surface area contributed by atoms with Crippen LogP contribution in [0.5, 0.6) is 0 Å². The fourth-order valence-electron chi connectivity index (χ4n) is 1.25. The van der Waals surface area contributed by atoms with Gasteiger partial charge in [0.1, 0.15) is 11.8 Å². The van der Waals surface area contributed by atoms with Crippen LogP contribution < -0.4 is 5.32 Å². The first kappa shape index (κ1) is 12.6. The van der Waals surface area contributed by atoms with Crippen molar-refractivity contribution in [3.05, 3.63) is 29.6 Å². The van der Waals surface area contributed by atoms with E-state index in [4.69, 9.17) is 10.4 Å². The molecule has 0 aliphatic carbocycles. The van der Waals surface area contributed by atoms with E-state index in [1.807, 2.05) is 26.0 Å². The summed E-state index contributed by atoms with van der Waals surface area (Å²) in [4.78, 5) is 3.90. The van der Waals surface area contributed by atoms with Gasteiger partial charge in [0.05, 0.1) is 0 Å². The number of hydrogen-bond acceptors (Lipinski definition) is 4. The lowest BCUT2D eigenvalue weighted by Gasteiger charge is -2.21. The molecule has 0 amide bonds. The smallest absolute Gasteiger partial charge is 0.140 e. The van der Waals surface area contributed by atoms with Gasteiger partial charge in [-0.1, -0.05) is 13.8 Å². The third-order valence-electron chi connectivity index (χ3n) is 2.30. The molecule has 1 aromatic rings. The molecule has 86 valence electrons. The summed E-state index contributed by atoms with van der Waals surface area (Å²) in [6, 6.07) is 5.64. The Bertz CT molecular complexity index is 382. The Morgan fingerprint density at radius 3 is 2.94 bits per heavy atom. The lowest BCUT2D eigenvalue weighted by atomic mass is 9.95. The Labute approximate surface area is 95.9 Å². The monoisotopic (exact) mass is 219 g/mol. The highest BCUT2D eigenvalue weighted by molar-refractivity contribution is 5.25. The predicted molar refractivity (Wildman–Crippen MR) is 61.5 cm³/mol. The van der Waals surface area contributed by atoms with Crippen LogP contribution in [-0.4, -0.2) is 23.2 Å². The molecule has 4 heteroatoms. The van der Waals surface area contributed by atoms with Gasteiger partial charge in [0.2, 0.25) is 0 Å². The second-order valence-corrected chi connectivity index (χ2v) is 4.59. The minimum atomic E-state index is -0.120. The van der Waals surface area contributed by atoms with Gasteiger partial charge in [-0.2, -0.15) is 5.26 Å². The van der Waals surface area contributed by atoms with Crippen LogP contribution >= 0.6 is 0 Å². The maximum absolute atomic E-state index is 9.08. The van der Waals surface area contributed by atoms with E-state index in [-0.39, 0.29) is 12.0 Å². The molecule has 0 fully saturated rings. The fraction of sp³-hybridized carbons (Fsp3) is 0.500. The second-order valence-electron chi connectivity index (χ2n) is 4.59. The maximum atomic E-state index is 9.08. The van der Waals surface area contributed by atoms with Crippen LogP contribution in [0.3, 0.4) is 0 Å². The molecule has 0 bridgehead atoms. The molecule has 0 radical (unpaired) electrons. The zero-order valence-corrected chi connectivity index (χ0v) is 9.70. The summed E-state index contributed by atoms with van der Waals surface area (Å²) in [6.07, 6.45) is 1.63. The molecule has 0 spiro atoms. The standard InChI is InChI=1S/C12H17N3O/c1-12(2,9-16)8-14-7-10-3-4-15-11(5-10)6-13/h3-5,14,16H,7-9H2,1-2H3. The van der Waals surface area contributed by atoms with Gasteiger partial charge in [0, 0.05) is 31.3 Å². The van der Waals surface area contributed by atoms with Gasteiger partial charge in [-0.3, -0.25) is 0 Å². The summed E-state index contributed by atoms with van der Waals surface area (Å²) in [5, 5.41) is 21.0. The predicted octanol–water partition coefficient (Wildman–Crippen LogP) is 1.06. The third-order valence-corrected chi connectivity index (χ3v) is 2.30. The minimum absolute atomic E-state index is 0.120. The highest BCUT2D eigenvalue weighted by Gasteiger charge is 2.15. The fourth-order valence-corrected chi connectivity index (χ4v) is 1.25. The number of nitrogens with one attached hydrogen (secondary N) is 1. The number of nitriles is 1. The third kappa shape index (κ3) is 3.97. The van der Waals surface area contributed by atoms with Crippen LogP contribution in [0.4, 0.5) is 0 Å². The first-order chi connectivity index (χ1) is 7.57. The number of aliphatic hydroxyl groups excluding tert-OH is 1. The average Bonchev–Trinajstić information content (AvgIpc) is 2.29. The Morgan fingerprint density at radius 1 is 1.56 bits per heavy atom. The molecule has 0 saturated carbocycles. The zero-order chi connectivity index (χ0) is 12.0. The van der Waals surface area contributed by atoms with Crippen molar-refractivity contribution in [2.75, 3.05) is 13.2 Å². The van der Waals surface area contributed by atoms with Crippen molar-refractivity contribution in [3.8, 4) is 6.07 Å². The summed E-state index contributed by atoms with van der Waals surface area (Å²) in [6.45, 7) is 5.55. The average molecular weight is 219 g/mol. The zero-order valence-electron chi connectivity index (χ0n) is 9.70. The summed E-state index contributed by atoms with van der Waals surface area (Å²) in [5.41, 5.74) is 1.34. The van der Waals surface area contributed by atoms with E-state index in [9.17, 15) is 0 Å². The van der Waals surface area contributed by atoms with E-state index in [1.54, 1.807) is 12.3 Å². The molecule has 4 nitrogen and oxygen atoms in total. The van der Waals surface area contributed by atoms with Crippen molar-refractivity contribution in [1.29, 1.82) is 5.26 Å². The largest absolute Gasteiger partial charge is 0.396 e. The number of hydrogen-bond donors (Lipinski definition) is 2. The Balaban J connectivity index is 2.46. The number of pyridine rings is 1. The van der Waals surface area contributed by atoms with Crippen molar-refractivity contribution in [1.82, 2.24) is 10.3 Å². The molecule has 0 aliphatic heterocycles. The van der Waals surface area contributed by atoms with E-state index in [0.717, 1.165) is 12.1 Å². The van der Waals surface area contributed by atoms with Gasteiger partial charge >= 0.3 is 0 Å². The van der Waals surface area contributed by atoms with Crippen molar-refractivity contribution in [3.63, 3.8) is 0 Å². The molecule has 0 atom stereocenters. The van der Waals surface area contributed by atoms with E-state index >= 15 is 0 Å². The Hall–Kier alpha value is -1.44. The van der Waals surface area contributed by atoms with Crippen LogP contribution in [0, 0.1) is 16.7 Å². The number of aliphatic hydroxyl groups is 1. The number of nitrogens with zero attached hydrogens (tertiary/aromatic N) is 2. The van der Waals surface area contributed by atoms with E-state index in [1.165, 1.54) is 0 Å². The molecule has 1 aromatic heterocycles. The van der Waals surface area contributed by atoms with Crippen LogP contribution in [0.2, 0.25) is 0 Å². The highest BCUT2D eigenvalue weighted by Crippen LogP contribution is 2.11. The van der Waals surface area contributed by atoms with Crippen molar-refractivity contribution in [2.45, 2.75) is 20.4 Å². The van der Waals surface area contributed by atoms with Crippen LogP contribution in [0.1, 0.15) is 25.1 Å². The van der Waals surface area contributed by atoms with Crippen LogP contribution in [0.15, 0.2) is 18.3 Å². The van der Waals surface area contributed by atoms with Crippen molar-refractivity contribution in [2.24, 2.45) is 5.41 Å². The lowest BCUT2D eigenvalue weighted by Crippen LogP contribution is -2.31. The van der Waals surface area contributed by atoms with Gasteiger partial charge in [0.15, 0.2) is 0 Å². The van der Waals surface area contributed by atoms with Gasteiger partial charge in [-0.25, -0.2) is 4.98 Å². The second kappa shape index (κ2) is 5.59. The van der Waals surface area contributed by atoms with Gasteiger partial charge in [-0.05, 0) is 17.7 Å². The molecule has 2 N–H and O–H groups in total. The summed E-state index contributed by atoms with van der Waals surface area (Å²) >= 11 is 0. The number of rotatable bonds is 5. The SMILES string of the molecule is CC(C)(CO)CNCc1ccnc(C#N)c1. The maximum Gasteiger partial charge on any atom is 0.140 e. The molecule has 16 heavy (non-hydrogen) atoms. The molecule has 0 unspecified atom stereocenters. The molecular formula is C12H17N3O. The summed E-state index contributed by atoms with van der Waals surface area (Å²) in [5.74, 6) is 0. The Morgan fingerprint density at radius 2 is 2.31 bits per heavy atom. The summed E-state index contributed by atoms with van der Waals surface area (Å²) < 4.78 is 0. The summed E-state index contributed by atoms with van der Waals surface area (Å²) in [7, 11) is 0. The lowest BCUT2D eigenvalue weighted by molar-refractivity contribution is 0.156. The van der Waals surface area contributed by atoms with E-state index < -0.39 is 0 Å². The molecular weight excluding hydrogens is 202 g/mol. The van der Waals surface area contributed by atoms with Crippen LogP contribution in [0.25, 0.3) is 0 Å². The highest BCUT2D eigenvalue weighted by atomic mass is 16.3. The number of aromatic nitrogens is 1. The van der Waals surface area contributed by atoms with Crippen molar-refractivity contribution >= 4 is 0 Å². The molecule has 0 aliphatic rings. The van der Waals surface area contributed by atoms with Crippen molar-refractivity contribution < 1.29 is 5.11 Å². The van der Waals surface area contributed by atoms with Gasteiger partial charge in [0.25, 0.3) is 0 Å². The molecule has 1 heterocycles. The van der Waals surface area contributed by atoms with Gasteiger partial charge in [-0.15, -0.1) is 0 Å². The first-order valence-corrected chi connectivity index (χ1v) is 5.24. The molecule has 0 aromatic carbocycles. The first-order valence-electron chi connectivity index (χ1n) is 5.24. The van der Waals surface area contributed by atoms with Gasteiger partial charge < -0.3 is 10.4 Å². The normalized spacial score (nSPS) is 11.1. The quantitative estimate of drug-likeness (QED) is 0.777. The minimum Gasteiger partial charge on any atom is -0.396 e. The van der Waals surface area contributed by atoms with Crippen LogP contribution in [-0.2, 0) is 6.54 Å². The topological polar surface area (TPSA) is 68.9 Å². The molecule has 0 saturated heterocycles.